The minimum atomic E-state index is -3.87. The van der Waals surface area contributed by atoms with Gasteiger partial charge in [0.05, 0.1) is 17.9 Å². The van der Waals surface area contributed by atoms with E-state index < -0.39 is 10.0 Å². The van der Waals surface area contributed by atoms with Crippen molar-refractivity contribution in [2.45, 2.75) is 58.5 Å². The van der Waals surface area contributed by atoms with Crippen LogP contribution in [0.15, 0.2) is 45.9 Å². The zero-order chi connectivity index (χ0) is 20.5. The van der Waals surface area contributed by atoms with E-state index in [-0.39, 0.29) is 17.2 Å². The molecule has 2 heterocycles. The number of benzene rings is 1. The van der Waals surface area contributed by atoms with Crippen LogP contribution in [-0.4, -0.2) is 23.4 Å². The molecule has 7 nitrogen and oxygen atoms in total. The van der Waals surface area contributed by atoms with Gasteiger partial charge in [-0.15, -0.1) is 0 Å². The summed E-state index contributed by atoms with van der Waals surface area (Å²) in [5.41, 5.74) is 2.75. The molecular formula is C20H26N4O3S. The van der Waals surface area contributed by atoms with Gasteiger partial charge in [0.1, 0.15) is 5.69 Å². The second kappa shape index (κ2) is 7.79. The smallest absolute Gasteiger partial charge is 0.270 e. The fraction of sp³-hybridized carbons (Fsp3) is 0.400. The maximum Gasteiger partial charge on any atom is 0.270 e. The SMILES string of the molecule is CCn1ccc(CN(c2ccc(C(C)C)cc2)S(=O)(=O)c2c(C)noc2C)n1. The number of hydrogen-bond donors (Lipinski definition) is 0. The van der Waals surface area contributed by atoms with Crippen LogP contribution in [0.5, 0.6) is 0 Å². The predicted octanol–water partition coefficient (Wildman–Crippen LogP) is 4.03. The van der Waals surface area contributed by atoms with Crippen LogP contribution < -0.4 is 4.31 Å². The lowest BCUT2D eigenvalue weighted by Gasteiger charge is -2.24. The van der Waals surface area contributed by atoms with Gasteiger partial charge in [0.25, 0.3) is 10.0 Å². The average Bonchev–Trinajstić information content (AvgIpc) is 3.25. The summed E-state index contributed by atoms with van der Waals surface area (Å²) in [5.74, 6) is 0.641. The fourth-order valence-electron chi connectivity index (χ4n) is 3.10. The highest BCUT2D eigenvalue weighted by Crippen LogP contribution is 2.30. The Morgan fingerprint density at radius 1 is 1.14 bits per heavy atom. The van der Waals surface area contributed by atoms with E-state index in [4.69, 9.17) is 4.52 Å². The van der Waals surface area contributed by atoms with Gasteiger partial charge in [-0.05, 0) is 50.5 Å². The molecule has 0 aliphatic heterocycles. The molecule has 0 bridgehead atoms. The van der Waals surface area contributed by atoms with Crippen molar-refractivity contribution in [2.24, 2.45) is 0 Å². The number of sulfonamides is 1. The molecule has 0 atom stereocenters. The summed E-state index contributed by atoms with van der Waals surface area (Å²) in [6.07, 6.45) is 1.85. The third kappa shape index (κ3) is 3.82. The Kier molecular flexibility index (Phi) is 5.60. The molecule has 2 aromatic heterocycles. The molecule has 0 aliphatic carbocycles. The maximum atomic E-state index is 13.5. The van der Waals surface area contributed by atoms with Crippen LogP contribution in [-0.2, 0) is 23.1 Å². The Balaban J connectivity index is 2.08. The van der Waals surface area contributed by atoms with Gasteiger partial charge in [0.2, 0.25) is 0 Å². The van der Waals surface area contributed by atoms with Gasteiger partial charge in [-0.25, -0.2) is 8.42 Å². The van der Waals surface area contributed by atoms with Crippen molar-refractivity contribution >= 4 is 15.7 Å². The van der Waals surface area contributed by atoms with Gasteiger partial charge in [-0.1, -0.05) is 31.1 Å². The van der Waals surface area contributed by atoms with Crippen LogP contribution in [0.4, 0.5) is 5.69 Å². The third-order valence-electron chi connectivity index (χ3n) is 4.69. The van der Waals surface area contributed by atoms with E-state index in [0.717, 1.165) is 12.1 Å². The zero-order valence-electron chi connectivity index (χ0n) is 16.9. The van der Waals surface area contributed by atoms with Gasteiger partial charge < -0.3 is 4.52 Å². The minimum absolute atomic E-state index is 0.107. The van der Waals surface area contributed by atoms with Crippen molar-refractivity contribution in [1.82, 2.24) is 14.9 Å². The van der Waals surface area contributed by atoms with E-state index in [1.165, 1.54) is 4.31 Å². The van der Waals surface area contributed by atoms with Crippen LogP contribution in [0, 0.1) is 13.8 Å². The van der Waals surface area contributed by atoms with Gasteiger partial charge in [0.15, 0.2) is 10.7 Å². The second-order valence-corrected chi connectivity index (χ2v) is 8.87. The molecule has 3 aromatic rings. The van der Waals surface area contributed by atoms with E-state index in [1.807, 2.05) is 43.5 Å². The van der Waals surface area contributed by atoms with Gasteiger partial charge in [0, 0.05) is 12.7 Å². The topological polar surface area (TPSA) is 81.2 Å². The average molecular weight is 403 g/mol. The summed E-state index contributed by atoms with van der Waals surface area (Å²) in [6.45, 7) is 10.3. The summed E-state index contributed by atoms with van der Waals surface area (Å²) in [6, 6.07) is 9.42. The van der Waals surface area contributed by atoms with E-state index in [1.54, 1.807) is 18.5 Å². The molecule has 0 spiro atoms. The first kappa shape index (κ1) is 20.1. The monoisotopic (exact) mass is 402 g/mol. The summed E-state index contributed by atoms with van der Waals surface area (Å²) in [5, 5.41) is 8.27. The summed E-state index contributed by atoms with van der Waals surface area (Å²) >= 11 is 0. The quantitative estimate of drug-likeness (QED) is 0.596. The van der Waals surface area contributed by atoms with Gasteiger partial charge in [-0.2, -0.15) is 5.10 Å². The third-order valence-corrected chi connectivity index (χ3v) is 6.71. The molecular weight excluding hydrogens is 376 g/mol. The molecule has 0 saturated heterocycles. The van der Waals surface area contributed by atoms with Crippen molar-refractivity contribution in [3.63, 3.8) is 0 Å². The van der Waals surface area contributed by atoms with Crippen LogP contribution >= 0.6 is 0 Å². The second-order valence-electron chi connectivity index (χ2n) is 7.07. The van der Waals surface area contributed by atoms with Crippen LogP contribution in [0.25, 0.3) is 0 Å². The number of aromatic nitrogens is 3. The molecule has 0 unspecified atom stereocenters. The lowest BCUT2D eigenvalue weighted by molar-refractivity contribution is 0.390. The van der Waals surface area contributed by atoms with Crippen LogP contribution in [0.3, 0.4) is 0 Å². The number of rotatable bonds is 7. The Morgan fingerprint density at radius 3 is 2.32 bits per heavy atom. The van der Waals surface area contributed by atoms with Crippen molar-refractivity contribution < 1.29 is 12.9 Å². The maximum absolute atomic E-state index is 13.5. The van der Waals surface area contributed by atoms with Crippen molar-refractivity contribution in [1.29, 1.82) is 0 Å². The normalized spacial score (nSPS) is 11.9. The summed E-state index contributed by atoms with van der Waals surface area (Å²) in [4.78, 5) is 0.107. The predicted molar refractivity (Wildman–Crippen MR) is 108 cm³/mol. The first-order valence-electron chi connectivity index (χ1n) is 9.32. The van der Waals surface area contributed by atoms with Crippen molar-refractivity contribution in [3.8, 4) is 0 Å². The lowest BCUT2D eigenvalue weighted by atomic mass is 10.0. The highest BCUT2D eigenvalue weighted by atomic mass is 32.2. The van der Waals surface area contributed by atoms with E-state index >= 15 is 0 Å². The first-order chi connectivity index (χ1) is 13.2. The van der Waals surface area contributed by atoms with E-state index in [9.17, 15) is 8.42 Å². The van der Waals surface area contributed by atoms with Crippen molar-refractivity contribution in [2.75, 3.05) is 4.31 Å². The molecule has 150 valence electrons. The number of hydrogen-bond acceptors (Lipinski definition) is 5. The van der Waals surface area contributed by atoms with Crippen LogP contribution in [0.1, 0.15) is 49.4 Å². The molecule has 0 N–H and O–H groups in total. The Hall–Kier alpha value is -2.61. The van der Waals surface area contributed by atoms with Crippen LogP contribution in [0.2, 0.25) is 0 Å². The van der Waals surface area contributed by atoms with Gasteiger partial charge >= 0.3 is 0 Å². The highest BCUT2D eigenvalue weighted by molar-refractivity contribution is 7.92. The Labute approximate surface area is 166 Å². The molecule has 3 rings (SSSR count). The zero-order valence-corrected chi connectivity index (χ0v) is 17.7. The summed E-state index contributed by atoms with van der Waals surface area (Å²) in [7, 11) is -3.87. The molecule has 0 amide bonds. The molecule has 1 aromatic carbocycles. The highest BCUT2D eigenvalue weighted by Gasteiger charge is 2.32. The standard InChI is InChI=1S/C20H26N4O3S/c1-6-23-12-11-18(21-23)13-24(19-9-7-17(8-10-19)14(2)3)28(25,26)20-15(4)22-27-16(20)5/h7-12,14H,6,13H2,1-5H3. The van der Waals surface area contributed by atoms with E-state index in [2.05, 4.69) is 24.1 Å². The Morgan fingerprint density at radius 2 is 1.82 bits per heavy atom. The first-order valence-corrected chi connectivity index (χ1v) is 10.8. The Bertz CT molecular complexity index is 1030. The summed E-state index contributed by atoms with van der Waals surface area (Å²) < 4.78 is 35.3. The molecule has 28 heavy (non-hydrogen) atoms. The fourth-order valence-corrected chi connectivity index (χ4v) is 4.84. The number of aryl methyl sites for hydroxylation is 3. The molecule has 0 aliphatic rings. The van der Waals surface area contributed by atoms with Crippen molar-refractivity contribution in [3.05, 3.63) is 59.2 Å². The molecule has 8 heteroatoms. The molecule has 0 radical (unpaired) electrons. The minimum Gasteiger partial charge on any atom is -0.360 e. The lowest BCUT2D eigenvalue weighted by Crippen LogP contribution is -2.31. The largest absolute Gasteiger partial charge is 0.360 e. The number of anilines is 1. The molecule has 0 fully saturated rings. The van der Waals surface area contributed by atoms with Gasteiger partial charge in [-0.3, -0.25) is 8.99 Å². The molecule has 0 saturated carbocycles. The van der Waals surface area contributed by atoms with E-state index in [0.29, 0.717) is 23.0 Å². The number of nitrogens with zero attached hydrogens (tertiary/aromatic N) is 4.